The van der Waals surface area contributed by atoms with E-state index in [0.717, 1.165) is 16.7 Å². The maximum absolute atomic E-state index is 12.8. The summed E-state index contributed by atoms with van der Waals surface area (Å²) in [5.41, 5.74) is 3.26. The summed E-state index contributed by atoms with van der Waals surface area (Å²) in [6.07, 6.45) is 1.94. The molecule has 3 aromatic rings. The zero-order chi connectivity index (χ0) is 23.1. The molecule has 7 nitrogen and oxygen atoms in total. The highest BCUT2D eigenvalue weighted by atomic mass is 16.5. The molecule has 2 atom stereocenters. The summed E-state index contributed by atoms with van der Waals surface area (Å²) in [6.45, 7) is 1.75. The summed E-state index contributed by atoms with van der Waals surface area (Å²) in [4.78, 5) is 39.0. The van der Waals surface area contributed by atoms with Crippen LogP contribution in [0, 0.1) is 17.2 Å². The molecular weight excluding hydrogens is 406 g/mol. The summed E-state index contributed by atoms with van der Waals surface area (Å²) in [5.74, 6) is -1.36. The Balaban J connectivity index is 1.72. The largest absolute Gasteiger partial charge is 0.469 e. The highest BCUT2D eigenvalue weighted by Crippen LogP contribution is 2.19. The van der Waals surface area contributed by atoms with Crippen LogP contribution in [0.15, 0.2) is 71.7 Å². The van der Waals surface area contributed by atoms with Crippen LogP contribution >= 0.6 is 0 Å². The molecule has 0 aliphatic heterocycles. The minimum Gasteiger partial charge on any atom is -0.469 e. The van der Waals surface area contributed by atoms with Crippen molar-refractivity contribution in [1.29, 1.82) is 5.26 Å². The van der Waals surface area contributed by atoms with Crippen molar-refractivity contribution in [1.82, 2.24) is 10.3 Å². The van der Waals surface area contributed by atoms with Crippen molar-refractivity contribution in [2.24, 2.45) is 5.92 Å². The number of H-pyrrole nitrogens is 1. The topological polar surface area (TPSA) is 112 Å². The number of nitrogens with one attached hydrogen (secondary N) is 2. The standard InChI is InChI=1S/C25H23N3O4/c1-16(22(25(31)32-2)13-17-4-3-5-18(12-17)14-26)28-24(30)20-8-6-19(7-9-20)21-10-11-23(29)27-15-21/h3-12,15-16,22H,13H2,1-2H3,(H,27,29)(H,28,30)/t16-,22-/m1/s1. The number of pyridine rings is 1. The average molecular weight is 429 g/mol. The first kappa shape index (κ1) is 22.5. The third-order valence-electron chi connectivity index (χ3n) is 5.24. The van der Waals surface area contributed by atoms with Crippen LogP contribution in [0.1, 0.15) is 28.4 Å². The Morgan fingerprint density at radius 2 is 1.81 bits per heavy atom. The molecule has 3 rings (SSSR count). The van der Waals surface area contributed by atoms with E-state index in [1.807, 2.05) is 6.07 Å². The molecule has 0 aliphatic carbocycles. The van der Waals surface area contributed by atoms with Gasteiger partial charge in [-0.15, -0.1) is 0 Å². The van der Waals surface area contributed by atoms with Crippen LogP contribution in [0.25, 0.3) is 11.1 Å². The van der Waals surface area contributed by atoms with E-state index in [4.69, 9.17) is 10.00 Å². The van der Waals surface area contributed by atoms with E-state index >= 15 is 0 Å². The van der Waals surface area contributed by atoms with Crippen LogP contribution < -0.4 is 10.9 Å². The number of amides is 1. The van der Waals surface area contributed by atoms with Gasteiger partial charge in [0.05, 0.1) is 24.7 Å². The number of nitriles is 1. The Labute approximate surface area is 185 Å². The van der Waals surface area contributed by atoms with Gasteiger partial charge in [0.2, 0.25) is 5.56 Å². The van der Waals surface area contributed by atoms with E-state index in [1.54, 1.807) is 61.7 Å². The SMILES string of the molecule is COC(=O)[C@H](Cc1cccc(C#N)c1)[C@@H](C)NC(=O)c1ccc(-c2ccc(=O)[nH]c2)cc1. The molecule has 162 valence electrons. The third-order valence-corrected chi connectivity index (χ3v) is 5.24. The van der Waals surface area contributed by atoms with Crippen molar-refractivity contribution in [2.45, 2.75) is 19.4 Å². The molecule has 0 aliphatic rings. The second-order valence-corrected chi connectivity index (χ2v) is 7.43. The summed E-state index contributed by atoms with van der Waals surface area (Å²) < 4.78 is 4.94. The van der Waals surface area contributed by atoms with E-state index in [2.05, 4.69) is 16.4 Å². The summed E-state index contributed by atoms with van der Waals surface area (Å²) >= 11 is 0. The van der Waals surface area contributed by atoms with Gasteiger partial charge in [0, 0.05) is 23.9 Å². The maximum atomic E-state index is 12.8. The van der Waals surface area contributed by atoms with Crippen LogP contribution in [0.2, 0.25) is 0 Å². The summed E-state index contributed by atoms with van der Waals surface area (Å²) in [6, 6.07) is 18.7. The van der Waals surface area contributed by atoms with Gasteiger partial charge >= 0.3 is 5.97 Å². The van der Waals surface area contributed by atoms with Gasteiger partial charge in [-0.2, -0.15) is 5.26 Å². The van der Waals surface area contributed by atoms with Crippen LogP contribution in [-0.2, 0) is 16.0 Å². The predicted octanol–water partition coefficient (Wildman–Crippen LogP) is 3.06. The fourth-order valence-corrected chi connectivity index (χ4v) is 3.43. The molecule has 1 heterocycles. The Morgan fingerprint density at radius 3 is 2.44 bits per heavy atom. The molecule has 2 N–H and O–H groups in total. The number of rotatable bonds is 7. The van der Waals surface area contributed by atoms with Gasteiger partial charge in [-0.25, -0.2) is 0 Å². The second-order valence-electron chi connectivity index (χ2n) is 7.43. The first-order valence-corrected chi connectivity index (χ1v) is 10.1. The van der Waals surface area contributed by atoms with Crippen LogP contribution in [0.4, 0.5) is 0 Å². The first-order chi connectivity index (χ1) is 15.4. The monoisotopic (exact) mass is 429 g/mol. The zero-order valence-electron chi connectivity index (χ0n) is 17.8. The fraction of sp³-hybridized carbons (Fsp3) is 0.200. The quantitative estimate of drug-likeness (QED) is 0.561. The Kier molecular flexibility index (Phi) is 7.19. The van der Waals surface area contributed by atoms with Crippen LogP contribution in [0.5, 0.6) is 0 Å². The van der Waals surface area contributed by atoms with Crippen molar-refractivity contribution in [3.63, 3.8) is 0 Å². The number of aromatic nitrogens is 1. The van der Waals surface area contributed by atoms with E-state index in [0.29, 0.717) is 17.5 Å². The lowest BCUT2D eigenvalue weighted by Crippen LogP contribution is -2.42. The number of aromatic amines is 1. The normalized spacial score (nSPS) is 12.3. The Morgan fingerprint density at radius 1 is 1.09 bits per heavy atom. The number of hydrogen-bond donors (Lipinski definition) is 2. The highest BCUT2D eigenvalue weighted by molar-refractivity contribution is 5.95. The molecule has 1 aromatic heterocycles. The predicted molar refractivity (Wildman–Crippen MR) is 120 cm³/mol. The molecule has 0 fully saturated rings. The molecule has 2 aromatic carbocycles. The third kappa shape index (κ3) is 5.49. The van der Waals surface area contributed by atoms with E-state index < -0.39 is 17.9 Å². The first-order valence-electron chi connectivity index (χ1n) is 10.1. The second kappa shape index (κ2) is 10.2. The van der Waals surface area contributed by atoms with E-state index in [9.17, 15) is 14.4 Å². The molecule has 0 saturated heterocycles. The minimum absolute atomic E-state index is 0.182. The van der Waals surface area contributed by atoms with Gasteiger partial charge in [-0.1, -0.05) is 24.3 Å². The van der Waals surface area contributed by atoms with Crippen LogP contribution in [0.3, 0.4) is 0 Å². The molecule has 0 unspecified atom stereocenters. The molecular formula is C25H23N3O4. The number of nitrogens with zero attached hydrogens (tertiary/aromatic N) is 1. The van der Waals surface area contributed by atoms with Gasteiger partial charge in [-0.3, -0.25) is 14.4 Å². The Hall–Kier alpha value is -4.18. The van der Waals surface area contributed by atoms with Gasteiger partial charge < -0.3 is 15.0 Å². The Bertz CT molecular complexity index is 1190. The summed E-state index contributed by atoms with van der Waals surface area (Å²) in [7, 11) is 1.31. The van der Waals surface area contributed by atoms with Gasteiger partial charge in [0.1, 0.15) is 0 Å². The van der Waals surface area contributed by atoms with Crippen molar-refractivity contribution in [3.05, 3.63) is 93.9 Å². The number of methoxy groups -OCH3 is 1. The number of carbonyl (C=O) groups excluding carboxylic acids is 2. The number of hydrogen-bond acceptors (Lipinski definition) is 5. The molecule has 0 spiro atoms. The number of benzene rings is 2. The van der Waals surface area contributed by atoms with Crippen molar-refractivity contribution in [2.75, 3.05) is 7.11 Å². The summed E-state index contributed by atoms with van der Waals surface area (Å²) in [5, 5.41) is 12.0. The number of carbonyl (C=O) groups is 2. The smallest absolute Gasteiger partial charge is 0.311 e. The van der Waals surface area contributed by atoms with Crippen LogP contribution in [-0.4, -0.2) is 30.0 Å². The van der Waals surface area contributed by atoms with Gasteiger partial charge in [-0.05, 0) is 60.4 Å². The molecule has 0 radical (unpaired) electrons. The average Bonchev–Trinajstić information content (AvgIpc) is 2.82. The number of esters is 1. The molecule has 0 saturated carbocycles. The number of ether oxygens (including phenoxy) is 1. The van der Waals surface area contributed by atoms with E-state index in [1.165, 1.54) is 13.2 Å². The van der Waals surface area contributed by atoms with Crippen molar-refractivity contribution >= 4 is 11.9 Å². The molecule has 1 amide bonds. The molecule has 0 bridgehead atoms. The van der Waals surface area contributed by atoms with E-state index in [-0.39, 0.29) is 11.5 Å². The highest BCUT2D eigenvalue weighted by Gasteiger charge is 2.28. The lowest BCUT2D eigenvalue weighted by atomic mass is 9.92. The maximum Gasteiger partial charge on any atom is 0.311 e. The van der Waals surface area contributed by atoms with Gasteiger partial charge in [0.25, 0.3) is 5.91 Å². The minimum atomic E-state index is -0.613. The van der Waals surface area contributed by atoms with Crippen molar-refractivity contribution < 1.29 is 14.3 Å². The van der Waals surface area contributed by atoms with Gasteiger partial charge in [0.15, 0.2) is 0 Å². The zero-order valence-corrected chi connectivity index (χ0v) is 17.8. The molecule has 7 heteroatoms. The fourth-order valence-electron chi connectivity index (χ4n) is 3.43. The van der Waals surface area contributed by atoms with Crippen molar-refractivity contribution in [3.8, 4) is 17.2 Å². The lowest BCUT2D eigenvalue weighted by molar-refractivity contribution is -0.146. The lowest BCUT2D eigenvalue weighted by Gasteiger charge is -2.23. The molecule has 32 heavy (non-hydrogen) atoms.